The van der Waals surface area contributed by atoms with Crippen LogP contribution in [-0.4, -0.2) is 18.1 Å². The first-order valence-electron chi connectivity index (χ1n) is 9.20. The van der Waals surface area contributed by atoms with Crippen molar-refractivity contribution < 1.29 is 14.3 Å². The van der Waals surface area contributed by atoms with Crippen molar-refractivity contribution in [2.24, 2.45) is 0 Å². The summed E-state index contributed by atoms with van der Waals surface area (Å²) in [5.41, 5.74) is 1.01. The molecule has 0 bridgehead atoms. The highest BCUT2D eigenvalue weighted by Gasteiger charge is 2.14. The third-order valence-corrected chi connectivity index (χ3v) is 4.16. The first-order chi connectivity index (χ1) is 13.0. The average molecular weight is 363 g/mol. The number of fused-ring (bicyclic) bond motifs is 1. The van der Waals surface area contributed by atoms with Gasteiger partial charge in [-0.3, -0.25) is 4.79 Å². The van der Waals surface area contributed by atoms with Crippen LogP contribution in [0.3, 0.4) is 0 Å². The monoisotopic (exact) mass is 363 g/mol. The second kappa shape index (κ2) is 8.58. The maximum atomic E-state index is 12.3. The molecule has 0 aliphatic heterocycles. The molecule has 0 heterocycles. The minimum absolute atomic E-state index is 0.142. The third-order valence-electron chi connectivity index (χ3n) is 4.16. The predicted octanol–water partition coefficient (Wildman–Crippen LogP) is 4.71. The standard InChI is InChI=1S/C23H25NO3/c1-16(2)26-21-11-8-18(9-12-21)15-24-23(25)17(3)27-22-13-10-19-6-4-5-7-20(19)14-22/h4-14,16-17H,15H2,1-3H3,(H,24,25). The molecule has 0 saturated carbocycles. The molecule has 1 unspecified atom stereocenters. The van der Waals surface area contributed by atoms with Crippen LogP contribution >= 0.6 is 0 Å². The lowest BCUT2D eigenvalue weighted by Gasteiger charge is -2.15. The van der Waals surface area contributed by atoms with Gasteiger partial charge in [0.2, 0.25) is 0 Å². The van der Waals surface area contributed by atoms with E-state index in [0.29, 0.717) is 12.3 Å². The lowest BCUT2D eigenvalue weighted by molar-refractivity contribution is -0.127. The number of hydrogen-bond acceptors (Lipinski definition) is 3. The maximum absolute atomic E-state index is 12.3. The van der Waals surface area contributed by atoms with Crippen LogP contribution in [0.2, 0.25) is 0 Å². The molecular weight excluding hydrogens is 338 g/mol. The topological polar surface area (TPSA) is 47.6 Å². The number of rotatable bonds is 7. The highest BCUT2D eigenvalue weighted by molar-refractivity contribution is 5.84. The van der Waals surface area contributed by atoms with Gasteiger partial charge in [-0.25, -0.2) is 0 Å². The highest BCUT2D eigenvalue weighted by Crippen LogP contribution is 2.21. The predicted molar refractivity (Wildman–Crippen MR) is 108 cm³/mol. The van der Waals surface area contributed by atoms with E-state index in [9.17, 15) is 4.79 Å². The Labute approximate surface area is 160 Å². The molecule has 0 saturated heterocycles. The Morgan fingerprint density at radius 3 is 2.22 bits per heavy atom. The number of carbonyl (C=O) groups is 1. The molecule has 4 nitrogen and oxygen atoms in total. The van der Waals surface area contributed by atoms with E-state index < -0.39 is 6.10 Å². The largest absolute Gasteiger partial charge is 0.491 e. The van der Waals surface area contributed by atoms with Crippen LogP contribution in [0.15, 0.2) is 66.7 Å². The van der Waals surface area contributed by atoms with E-state index in [2.05, 4.69) is 5.32 Å². The van der Waals surface area contributed by atoms with Gasteiger partial charge in [-0.15, -0.1) is 0 Å². The molecule has 4 heteroatoms. The van der Waals surface area contributed by atoms with Crippen molar-refractivity contribution in [3.63, 3.8) is 0 Å². The molecule has 1 amide bonds. The first kappa shape index (κ1) is 18.8. The van der Waals surface area contributed by atoms with Crippen molar-refractivity contribution >= 4 is 16.7 Å². The first-order valence-corrected chi connectivity index (χ1v) is 9.20. The van der Waals surface area contributed by atoms with Crippen LogP contribution in [0.25, 0.3) is 10.8 Å². The number of carbonyl (C=O) groups excluding carboxylic acids is 1. The van der Waals surface area contributed by atoms with Gasteiger partial charge in [0, 0.05) is 6.54 Å². The van der Waals surface area contributed by atoms with Crippen molar-refractivity contribution in [3.05, 3.63) is 72.3 Å². The van der Waals surface area contributed by atoms with E-state index in [1.54, 1.807) is 6.92 Å². The molecule has 0 aromatic heterocycles. The normalized spacial score (nSPS) is 12.0. The van der Waals surface area contributed by atoms with Crippen LogP contribution in [-0.2, 0) is 11.3 Å². The molecule has 0 radical (unpaired) electrons. The van der Waals surface area contributed by atoms with Crippen LogP contribution in [0.5, 0.6) is 11.5 Å². The van der Waals surface area contributed by atoms with Gasteiger partial charge in [-0.05, 0) is 61.4 Å². The molecule has 0 aliphatic carbocycles. The highest BCUT2D eigenvalue weighted by atomic mass is 16.5. The molecule has 0 spiro atoms. The summed E-state index contributed by atoms with van der Waals surface area (Å²) in [4.78, 5) is 12.3. The Bertz CT molecular complexity index is 903. The summed E-state index contributed by atoms with van der Waals surface area (Å²) in [6, 6.07) is 21.6. The second-order valence-electron chi connectivity index (χ2n) is 6.80. The van der Waals surface area contributed by atoms with Gasteiger partial charge >= 0.3 is 0 Å². The number of hydrogen-bond donors (Lipinski definition) is 1. The lowest BCUT2D eigenvalue weighted by Crippen LogP contribution is -2.35. The number of amides is 1. The summed E-state index contributed by atoms with van der Waals surface area (Å²) in [6.45, 7) is 6.19. The Kier molecular flexibility index (Phi) is 5.97. The van der Waals surface area contributed by atoms with Gasteiger partial charge in [0.15, 0.2) is 6.10 Å². The molecule has 3 rings (SSSR count). The van der Waals surface area contributed by atoms with Gasteiger partial charge in [0.25, 0.3) is 5.91 Å². The molecule has 1 atom stereocenters. The van der Waals surface area contributed by atoms with Crippen molar-refractivity contribution in [1.29, 1.82) is 0 Å². The molecule has 1 N–H and O–H groups in total. The quantitative estimate of drug-likeness (QED) is 0.661. The van der Waals surface area contributed by atoms with Crippen LogP contribution < -0.4 is 14.8 Å². The van der Waals surface area contributed by atoms with Crippen molar-refractivity contribution in [2.75, 3.05) is 0 Å². The van der Waals surface area contributed by atoms with E-state index in [1.807, 2.05) is 80.6 Å². The SMILES string of the molecule is CC(C)Oc1ccc(CNC(=O)C(C)Oc2ccc3ccccc3c2)cc1. The minimum atomic E-state index is -0.574. The molecule has 0 fully saturated rings. The zero-order valence-corrected chi connectivity index (χ0v) is 15.9. The van der Waals surface area contributed by atoms with Crippen LogP contribution in [0.4, 0.5) is 0 Å². The summed E-state index contributed by atoms with van der Waals surface area (Å²) in [7, 11) is 0. The summed E-state index contributed by atoms with van der Waals surface area (Å²) in [5, 5.41) is 5.15. The number of benzene rings is 3. The van der Waals surface area contributed by atoms with Gasteiger partial charge in [-0.1, -0.05) is 42.5 Å². The maximum Gasteiger partial charge on any atom is 0.261 e. The van der Waals surface area contributed by atoms with Gasteiger partial charge in [0.05, 0.1) is 6.10 Å². The molecule has 140 valence electrons. The van der Waals surface area contributed by atoms with E-state index >= 15 is 0 Å². The molecule has 3 aromatic carbocycles. The zero-order valence-electron chi connectivity index (χ0n) is 15.9. The molecule has 27 heavy (non-hydrogen) atoms. The summed E-state index contributed by atoms with van der Waals surface area (Å²) < 4.78 is 11.4. The summed E-state index contributed by atoms with van der Waals surface area (Å²) in [6.07, 6.45) is -0.432. The fourth-order valence-corrected chi connectivity index (χ4v) is 2.79. The van der Waals surface area contributed by atoms with E-state index in [-0.39, 0.29) is 12.0 Å². The molecule has 3 aromatic rings. The van der Waals surface area contributed by atoms with Crippen molar-refractivity contribution in [2.45, 2.75) is 39.5 Å². The van der Waals surface area contributed by atoms with E-state index in [0.717, 1.165) is 22.1 Å². The molecular formula is C23H25NO3. The Hall–Kier alpha value is -3.01. The second-order valence-corrected chi connectivity index (χ2v) is 6.80. The van der Waals surface area contributed by atoms with Gasteiger partial charge in [0.1, 0.15) is 11.5 Å². The fourth-order valence-electron chi connectivity index (χ4n) is 2.79. The van der Waals surface area contributed by atoms with E-state index in [1.165, 1.54) is 0 Å². The van der Waals surface area contributed by atoms with E-state index in [4.69, 9.17) is 9.47 Å². The van der Waals surface area contributed by atoms with Crippen LogP contribution in [0, 0.1) is 0 Å². The van der Waals surface area contributed by atoms with Crippen molar-refractivity contribution in [3.8, 4) is 11.5 Å². The Morgan fingerprint density at radius 1 is 0.852 bits per heavy atom. The fraction of sp³-hybridized carbons (Fsp3) is 0.261. The van der Waals surface area contributed by atoms with Gasteiger partial charge in [-0.2, -0.15) is 0 Å². The summed E-state index contributed by atoms with van der Waals surface area (Å²) >= 11 is 0. The number of ether oxygens (including phenoxy) is 2. The van der Waals surface area contributed by atoms with Gasteiger partial charge < -0.3 is 14.8 Å². The zero-order chi connectivity index (χ0) is 19.2. The third kappa shape index (κ3) is 5.23. The lowest BCUT2D eigenvalue weighted by atomic mass is 10.1. The average Bonchev–Trinajstić information content (AvgIpc) is 2.66. The molecule has 0 aliphatic rings. The summed E-state index contributed by atoms with van der Waals surface area (Å²) in [5.74, 6) is 1.37. The number of nitrogens with one attached hydrogen (secondary N) is 1. The van der Waals surface area contributed by atoms with Crippen LogP contribution in [0.1, 0.15) is 26.3 Å². The minimum Gasteiger partial charge on any atom is -0.491 e. The van der Waals surface area contributed by atoms with Crippen molar-refractivity contribution in [1.82, 2.24) is 5.32 Å². The smallest absolute Gasteiger partial charge is 0.261 e. The Morgan fingerprint density at radius 2 is 1.52 bits per heavy atom. The Balaban J connectivity index is 1.53.